The summed E-state index contributed by atoms with van der Waals surface area (Å²) >= 11 is 0. The van der Waals surface area contributed by atoms with Crippen molar-refractivity contribution in [1.29, 1.82) is 0 Å². The molecule has 0 aliphatic carbocycles. The number of para-hydroxylation sites is 1. The number of nitrogens with zero attached hydrogens (tertiary/aromatic N) is 2. The first-order valence-corrected chi connectivity index (χ1v) is 9.51. The van der Waals surface area contributed by atoms with Gasteiger partial charge in [-0.1, -0.05) is 42.5 Å². The first kappa shape index (κ1) is 18.0. The molecule has 0 fully saturated rings. The van der Waals surface area contributed by atoms with Crippen LogP contribution in [0.2, 0.25) is 0 Å². The lowest BCUT2D eigenvalue weighted by atomic mass is 10.1. The lowest BCUT2D eigenvalue weighted by Crippen LogP contribution is -2.39. The van der Waals surface area contributed by atoms with Gasteiger partial charge in [0.25, 0.3) is 5.91 Å². The van der Waals surface area contributed by atoms with E-state index in [4.69, 9.17) is 0 Å². The fraction of sp³-hybridized carbons (Fsp3) is 0.217. The van der Waals surface area contributed by atoms with Crippen LogP contribution in [0.25, 0.3) is 10.8 Å². The molecule has 5 heteroatoms. The van der Waals surface area contributed by atoms with Crippen molar-refractivity contribution in [2.75, 3.05) is 36.5 Å². The van der Waals surface area contributed by atoms with Crippen LogP contribution in [0.3, 0.4) is 0 Å². The van der Waals surface area contributed by atoms with E-state index in [-0.39, 0.29) is 18.4 Å². The predicted octanol–water partition coefficient (Wildman–Crippen LogP) is 3.44. The second-order valence-corrected chi connectivity index (χ2v) is 7.03. The van der Waals surface area contributed by atoms with E-state index in [0.717, 1.165) is 35.1 Å². The summed E-state index contributed by atoms with van der Waals surface area (Å²) in [6.07, 6.45) is 0.834. The Labute approximate surface area is 164 Å². The molecule has 3 aromatic rings. The standard InChI is InChI=1S/C23H23N3O2/c1-25(18-10-3-2-4-11-18)15-7-14-24-21(27)16-26-20-13-6-9-17-8-5-12-19(22(17)20)23(26)28/h2-6,8-13H,7,14-16H2,1H3,(H,24,27). The molecule has 1 aliphatic heterocycles. The zero-order valence-corrected chi connectivity index (χ0v) is 15.9. The smallest absolute Gasteiger partial charge is 0.259 e. The van der Waals surface area contributed by atoms with Crippen LogP contribution in [0, 0.1) is 0 Å². The highest BCUT2D eigenvalue weighted by atomic mass is 16.2. The number of hydrogen-bond acceptors (Lipinski definition) is 3. The monoisotopic (exact) mass is 373 g/mol. The third-order valence-electron chi connectivity index (χ3n) is 5.14. The zero-order valence-electron chi connectivity index (χ0n) is 15.9. The van der Waals surface area contributed by atoms with Gasteiger partial charge >= 0.3 is 0 Å². The summed E-state index contributed by atoms with van der Waals surface area (Å²) in [5.41, 5.74) is 2.64. The number of amides is 2. The summed E-state index contributed by atoms with van der Waals surface area (Å²) in [7, 11) is 2.04. The van der Waals surface area contributed by atoms with Crippen molar-refractivity contribution >= 4 is 34.0 Å². The maximum Gasteiger partial charge on any atom is 0.259 e. The zero-order chi connectivity index (χ0) is 19.5. The van der Waals surface area contributed by atoms with E-state index in [2.05, 4.69) is 22.3 Å². The van der Waals surface area contributed by atoms with Crippen LogP contribution < -0.4 is 15.1 Å². The first-order chi connectivity index (χ1) is 13.6. The molecule has 3 aromatic carbocycles. The summed E-state index contributed by atoms with van der Waals surface area (Å²) in [4.78, 5) is 28.9. The number of carbonyl (C=O) groups is 2. The van der Waals surface area contributed by atoms with Gasteiger partial charge in [-0.25, -0.2) is 0 Å². The van der Waals surface area contributed by atoms with Crippen molar-refractivity contribution in [3.05, 3.63) is 72.3 Å². The molecule has 1 heterocycles. The molecule has 0 bridgehead atoms. The maximum atomic E-state index is 12.7. The van der Waals surface area contributed by atoms with E-state index in [9.17, 15) is 9.59 Å². The molecule has 4 rings (SSSR count). The van der Waals surface area contributed by atoms with Crippen LogP contribution in [0.4, 0.5) is 11.4 Å². The van der Waals surface area contributed by atoms with Gasteiger partial charge in [-0.05, 0) is 36.1 Å². The highest BCUT2D eigenvalue weighted by Gasteiger charge is 2.30. The Morgan fingerprint density at radius 3 is 2.54 bits per heavy atom. The third kappa shape index (κ3) is 3.43. The predicted molar refractivity (Wildman–Crippen MR) is 113 cm³/mol. The molecule has 2 amide bonds. The Bertz CT molecular complexity index is 1010. The highest BCUT2D eigenvalue weighted by Crippen LogP contribution is 2.36. The third-order valence-corrected chi connectivity index (χ3v) is 5.14. The molecule has 142 valence electrons. The van der Waals surface area contributed by atoms with Crippen molar-refractivity contribution in [3.63, 3.8) is 0 Å². The van der Waals surface area contributed by atoms with E-state index in [1.165, 1.54) is 0 Å². The SMILES string of the molecule is CN(CCCNC(=O)CN1C(=O)c2cccc3cccc1c23)c1ccccc1. The number of carbonyl (C=O) groups excluding carboxylic acids is 2. The van der Waals surface area contributed by atoms with Crippen LogP contribution in [-0.4, -0.2) is 38.5 Å². The first-order valence-electron chi connectivity index (χ1n) is 9.51. The quantitative estimate of drug-likeness (QED) is 0.646. The molecule has 0 atom stereocenters. The average Bonchev–Trinajstić information content (AvgIpc) is 3.00. The fourth-order valence-corrected chi connectivity index (χ4v) is 3.69. The minimum Gasteiger partial charge on any atom is -0.375 e. The Kier molecular flexibility index (Phi) is 4.98. The lowest BCUT2D eigenvalue weighted by molar-refractivity contribution is -0.119. The van der Waals surface area contributed by atoms with Crippen molar-refractivity contribution in [1.82, 2.24) is 5.32 Å². The second-order valence-electron chi connectivity index (χ2n) is 7.03. The topological polar surface area (TPSA) is 52.7 Å². The van der Waals surface area contributed by atoms with E-state index < -0.39 is 0 Å². The number of benzene rings is 3. The molecule has 5 nitrogen and oxygen atoms in total. The van der Waals surface area contributed by atoms with Gasteiger partial charge in [-0.15, -0.1) is 0 Å². The van der Waals surface area contributed by atoms with Crippen molar-refractivity contribution in [2.24, 2.45) is 0 Å². The highest BCUT2D eigenvalue weighted by molar-refractivity contribution is 6.26. The van der Waals surface area contributed by atoms with Gasteiger partial charge in [0.2, 0.25) is 5.91 Å². The molecule has 0 spiro atoms. The van der Waals surface area contributed by atoms with Gasteiger partial charge < -0.3 is 10.2 Å². The number of anilines is 2. The number of nitrogens with one attached hydrogen (secondary N) is 1. The van der Waals surface area contributed by atoms with E-state index in [0.29, 0.717) is 12.1 Å². The lowest BCUT2D eigenvalue weighted by Gasteiger charge is -2.20. The molecule has 0 unspecified atom stereocenters. The van der Waals surface area contributed by atoms with Crippen molar-refractivity contribution in [3.8, 4) is 0 Å². The molecule has 1 aliphatic rings. The van der Waals surface area contributed by atoms with Gasteiger partial charge in [0, 0.05) is 36.8 Å². The van der Waals surface area contributed by atoms with Gasteiger partial charge in [0.15, 0.2) is 0 Å². The Morgan fingerprint density at radius 2 is 1.75 bits per heavy atom. The fourth-order valence-electron chi connectivity index (χ4n) is 3.69. The molecule has 1 N–H and O–H groups in total. The summed E-state index contributed by atoms with van der Waals surface area (Å²) in [6.45, 7) is 1.47. The molecular weight excluding hydrogens is 350 g/mol. The van der Waals surface area contributed by atoms with Crippen LogP contribution in [0.5, 0.6) is 0 Å². The summed E-state index contributed by atoms with van der Waals surface area (Å²) in [5.74, 6) is -0.244. The van der Waals surface area contributed by atoms with Crippen LogP contribution in [0.1, 0.15) is 16.8 Å². The average molecular weight is 373 g/mol. The molecule has 0 aromatic heterocycles. The number of hydrogen-bond donors (Lipinski definition) is 1. The second kappa shape index (κ2) is 7.72. The Hall–Kier alpha value is -3.34. The molecule has 0 radical (unpaired) electrons. The van der Waals surface area contributed by atoms with Crippen LogP contribution >= 0.6 is 0 Å². The summed E-state index contributed by atoms with van der Waals surface area (Å²) in [6, 6.07) is 21.7. The number of rotatable bonds is 7. The van der Waals surface area contributed by atoms with Gasteiger partial charge in [0.1, 0.15) is 6.54 Å². The van der Waals surface area contributed by atoms with Gasteiger partial charge in [-0.3, -0.25) is 14.5 Å². The largest absolute Gasteiger partial charge is 0.375 e. The Balaban J connectivity index is 1.31. The summed E-state index contributed by atoms with van der Waals surface area (Å²) < 4.78 is 0. The van der Waals surface area contributed by atoms with E-state index in [1.807, 2.05) is 61.6 Å². The minimum absolute atomic E-state index is 0.0428. The van der Waals surface area contributed by atoms with Gasteiger partial charge in [0.05, 0.1) is 5.69 Å². The van der Waals surface area contributed by atoms with Crippen LogP contribution in [-0.2, 0) is 4.79 Å². The van der Waals surface area contributed by atoms with Gasteiger partial charge in [-0.2, -0.15) is 0 Å². The molecular formula is C23H23N3O2. The Morgan fingerprint density at radius 1 is 1.00 bits per heavy atom. The van der Waals surface area contributed by atoms with E-state index in [1.54, 1.807) is 4.90 Å². The van der Waals surface area contributed by atoms with Crippen molar-refractivity contribution < 1.29 is 9.59 Å². The van der Waals surface area contributed by atoms with E-state index >= 15 is 0 Å². The molecule has 0 saturated heterocycles. The minimum atomic E-state index is -0.138. The normalized spacial score (nSPS) is 12.5. The van der Waals surface area contributed by atoms with Crippen LogP contribution in [0.15, 0.2) is 66.7 Å². The molecule has 0 saturated carbocycles. The molecule has 28 heavy (non-hydrogen) atoms. The summed E-state index contributed by atoms with van der Waals surface area (Å²) in [5, 5.41) is 4.90. The maximum absolute atomic E-state index is 12.7. The van der Waals surface area contributed by atoms with Crippen molar-refractivity contribution in [2.45, 2.75) is 6.42 Å².